The first-order chi connectivity index (χ1) is 29.5. The standard InChI is InChI=1S/C42H54N2O18/c1-20(45)16-42(3,51)8-11-54-40(49)43(4)9-10-44(5)41(50)62-36-28(52-6)12-22(13-29(36)53-7)31-23-14-26-27(58-19-57-26)15-24(23)35(25-17-56-38(48)32(25)31)61-39-34(47)33(46)37-30(60-39)18-55-21(2)59-37/h12-15,21,25,30-35,37,39,46-47,51H,8-11,16-19H2,1-7H3/t21-,25?,30-,31?,32?,33-,34-,35?,37-,39+,42?/m1/s1. The van der Waals surface area contributed by atoms with Gasteiger partial charge in [0.2, 0.25) is 12.5 Å². The van der Waals surface area contributed by atoms with E-state index in [1.165, 1.54) is 52.0 Å². The molecule has 4 heterocycles. The number of Topliss-reactive ketones (excluding diaryl/α,β-unsaturated/α-hetero) is 1. The molecular formula is C42H54N2O18. The van der Waals surface area contributed by atoms with Gasteiger partial charge in [-0.25, -0.2) is 9.59 Å². The Morgan fingerprint density at radius 1 is 0.887 bits per heavy atom. The third-order valence-electron chi connectivity index (χ3n) is 11.8. The molecule has 3 N–H and O–H groups in total. The predicted molar refractivity (Wildman–Crippen MR) is 210 cm³/mol. The highest BCUT2D eigenvalue weighted by atomic mass is 16.8. The van der Waals surface area contributed by atoms with Crippen LogP contribution in [0.1, 0.15) is 62.3 Å². The Bertz CT molecular complexity index is 1980. The minimum Gasteiger partial charge on any atom is -0.493 e. The molecule has 3 saturated heterocycles. The van der Waals surface area contributed by atoms with E-state index in [0.717, 1.165) is 0 Å². The van der Waals surface area contributed by atoms with Crippen LogP contribution in [0, 0.1) is 11.8 Å². The number of rotatable bonds is 14. The molecule has 3 fully saturated rings. The summed E-state index contributed by atoms with van der Waals surface area (Å²) in [7, 11) is 5.75. The molecule has 11 atom stereocenters. The summed E-state index contributed by atoms with van der Waals surface area (Å²) in [6, 6.07) is 6.80. The van der Waals surface area contributed by atoms with Crippen LogP contribution in [0.3, 0.4) is 0 Å². The van der Waals surface area contributed by atoms with Crippen LogP contribution in [0.15, 0.2) is 24.3 Å². The monoisotopic (exact) mass is 874 g/mol. The molecule has 7 rings (SSSR count). The number of esters is 1. The van der Waals surface area contributed by atoms with E-state index in [1.54, 1.807) is 31.2 Å². The molecule has 62 heavy (non-hydrogen) atoms. The molecular weight excluding hydrogens is 820 g/mol. The third kappa shape index (κ3) is 9.22. The van der Waals surface area contributed by atoms with E-state index >= 15 is 0 Å². The first kappa shape index (κ1) is 45.1. The summed E-state index contributed by atoms with van der Waals surface area (Å²) in [6.07, 6.45) is -8.75. The smallest absolute Gasteiger partial charge is 0.415 e. The fraction of sp³-hybridized carbons (Fsp3) is 0.619. The average molecular weight is 875 g/mol. The van der Waals surface area contributed by atoms with Gasteiger partial charge in [0.25, 0.3) is 0 Å². The van der Waals surface area contributed by atoms with Crippen molar-refractivity contribution in [2.24, 2.45) is 11.8 Å². The van der Waals surface area contributed by atoms with E-state index in [9.17, 15) is 34.5 Å². The van der Waals surface area contributed by atoms with Gasteiger partial charge in [-0.05, 0) is 61.7 Å². The van der Waals surface area contributed by atoms with Crippen molar-refractivity contribution >= 4 is 23.9 Å². The van der Waals surface area contributed by atoms with Gasteiger partial charge in [0.05, 0.1) is 51.7 Å². The van der Waals surface area contributed by atoms with Gasteiger partial charge in [0.1, 0.15) is 30.2 Å². The number of hydrogen-bond donors (Lipinski definition) is 3. The fourth-order valence-corrected chi connectivity index (χ4v) is 8.56. The number of hydrogen-bond acceptors (Lipinski definition) is 18. The average Bonchev–Trinajstić information content (AvgIpc) is 3.86. The first-order valence-electron chi connectivity index (χ1n) is 20.3. The number of aliphatic hydroxyl groups excluding tert-OH is 2. The van der Waals surface area contributed by atoms with E-state index in [4.69, 9.17) is 52.1 Å². The Labute approximate surface area is 357 Å². The van der Waals surface area contributed by atoms with Gasteiger partial charge < -0.3 is 77.2 Å². The molecule has 5 unspecified atom stereocenters. The zero-order valence-electron chi connectivity index (χ0n) is 35.6. The Morgan fingerprint density at radius 2 is 1.53 bits per heavy atom. The molecule has 1 aliphatic carbocycles. The van der Waals surface area contributed by atoms with Gasteiger partial charge >= 0.3 is 18.2 Å². The highest BCUT2D eigenvalue weighted by Crippen LogP contribution is 2.57. The number of benzene rings is 2. The van der Waals surface area contributed by atoms with Crippen LogP contribution >= 0.6 is 0 Å². The van der Waals surface area contributed by atoms with Crippen LogP contribution in [-0.4, -0.2) is 160 Å². The van der Waals surface area contributed by atoms with Crippen LogP contribution in [0.2, 0.25) is 0 Å². The molecule has 0 saturated carbocycles. The molecule has 2 amide bonds. The number of ketones is 1. The van der Waals surface area contributed by atoms with Crippen molar-refractivity contribution in [1.29, 1.82) is 0 Å². The SMILES string of the molecule is COc1cc(C2c3cc4c(cc3C(O[C@@H]3O[C@@H]5CO[C@@H](C)O[C@H]5[C@H](O)[C@H]3O)C3COC(=O)C23)OCO4)cc(OC)c1OC(=O)N(C)CCN(C)C(=O)OCCC(C)(O)CC(C)=O. The lowest BCUT2D eigenvalue weighted by atomic mass is 9.66. The number of cyclic esters (lactones) is 1. The highest BCUT2D eigenvalue weighted by Gasteiger charge is 2.56. The van der Waals surface area contributed by atoms with Crippen LogP contribution in [-0.2, 0) is 38.0 Å². The van der Waals surface area contributed by atoms with Crippen LogP contribution in [0.4, 0.5) is 9.59 Å². The zero-order valence-corrected chi connectivity index (χ0v) is 35.6. The molecule has 5 aliphatic rings. The van der Waals surface area contributed by atoms with Crippen molar-refractivity contribution < 1.29 is 86.6 Å². The molecule has 340 valence electrons. The second-order valence-electron chi connectivity index (χ2n) is 16.4. The number of likely N-dealkylation sites (N-methyl/N-ethyl adjacent to an activating group) is 2. The lowest BCUT2D eigenvalue weighted by Crippen LogP contribution is -2.63. The van der Waals surface area contributed by atoms with Gasteiger partial charge in [-0.2, -0.15) is 0 Å². The summed E-state index contributed by atoms with van der Waals surface area (Å²) in [6.45, 7) is 4.58. The third-order valence-corrected chi connectivity index (χ3v) is 11.8. The predicted octanol–water partition coefficient (Wildman–Crippen LogP) is 2.25. The summed E-state index contributed by atoms with van der Waals surface area (Å²) in [5.74, 6) is -1.82. The van der Waals surface area contributed by atoms with Gasteiger partial charge in [-0.1, -0.05) is 0 Å². The zero-order chi connectivity index (χ0) is 44.6. The molecule has 0 spiro atoms. The molecule has 4 aliphatic heterocycles. The second kappa shape index (κ2) is 18.4. The van der Waals surface area contributed by atoms with Crippen molar-refractivity contribution in [1.82, 2.24) is 9.80 Å². The Hall–Kier alpha value is -4.96. The second-order valence-corrected chi connectivity index (χ2v) is 16.4. The molecule has 0 radical (unpaired) electrons. The van der Waals surface area contributed by atoms with E-state index < -0.39 is 84.6 Å². The van der Waals surface area contributed by atoms with Gasteiger partial charge in [0.15, 0.2) is 35.6 Å². The summed E-state index contributed by atoms with van der Waals surface area (Å²) in [5.41, 5.74) is 0.439. The molecule has 2 aromatic carbocycles. The summed E-state index contributed by atoms with van der Waals surface area (Å²) in [5, 5.41) is 32.6. The number of ether oxygens (including phenoxy) is 11. The maximum atomic E-state index is 13.8. The van der Waals surface area contributed by atoms with Gasteiger partial charge in [0, 0.05) is 51.9 Å². The summed E-state index contributed by atoms with van der Waals surface area (Å²) in [4.78, 5) is 53.7. The molecule has 20 nitrogen and oxygen atoms in total. The van der Waals surface area contributed by atoms with Crippen molar-refractivity contribution in [3.63, 3.8) is 0 Å². The first-order valence-corrected chi connectivity index (χ1v) is 20.3. The Morgan fingerprint density at radius 3 is 2.18 bits per heavy atom. The maximum absolute atomic E-state index is 13.8. The highest BCUT2D eigenvalue weighted by molar-refractivity contribution is 5.79. The summed E-state index contributed by atoms with van der Waals surface area (Å²) >= 11 is 0. The number of carbonyl (C=O) groups excluding carboxylic acids is 4. The largest absolute Gasteiger partial charge is 0.493 e. The van der Waals surface area contributed by atoms with Crippen molar-refractivity contribution in [2.75, 3.05) is 68.0 Å². The van der Waals surface area contributed by atoms with E-state index in [-0.39, 0.29) is 75.6 Å². The molecule has 2 aromatic rings. The van der Waals surface area contributed by atoms with Crippen molar-refractivity contribution in [2.45, 2.75) is 88.2 Å². The fourth-order valence-electron chi connectivity index (χ4n) is 8.56. The number of amides is 2. The van der Waals surface area contributed by atoms with Crippen LogP contribution < -0.4 is 23.7 Å². The number of aliphatic hydroxyl groups is 3. The van der Waals surface area contributed by atoms with Crippen LogP contribution in [0.5, 0.6) is 28.7 Å². The Kier molecular flexibility index (Phi) is 13.4. The van der Waals surface area contributed by atoms with Gasteiger partial charge in [-0.15, -0.1) is 0 Å². The summed E-state index contributed by atoms with van der Waals surface area (Å²) < 4.78 is 63.8. The topological polar surface area (TPSA) is 237 Å². The number of carbonyl (C=O) groups is 4. The maximum Gasteiger partial charge on any atom is 0.415 e. The molecule has 20 heteroatoms. The molecule has 0 bridgehead atoms. The molecule has 0 aromatic heterocycles. The lowest BCUT2D eigenvalue weighted by molar-refractivity contribution is -0.364. The minimum atomic E-state index is -1.51. The Balaban J connectivity index is 1.11. The number of fused-ring (bicyclic) bond motifs is 4. The van der Waals surface area contributed by atoms with E-state index in [0.29, 0.717) is 28.2 Å². The van der Waals surface area contributed by atoms with Gasteiger partial charge in [-0.3, -0.25) is 9.59 Å². The van der Waals surface area contributed by atoms with E-state index in [1.807, 2.05) is 0 Å². The van der Waals surface area contributed by atoms with Crippen molar-refractivity contribution in [3.05, 3.63) is 41.0 Å². The normalized spacial score (nSPS) is 29.2. The van der Waals surface area contributed by atoms with Crippen molar-refractivity contribution in [3.8, 4) is 28.7 Å². The quantitative estimate of drug-likeness (QED) is 0.231. The van der Waals surface area contributed by atoms with E-state index in [2.05, 4.69) is 0 Å². The minimum absolute atomic E-state index is 0.0356. The number of nitrogens with zero attached hydrogens (tertiary/aromatic N) is 2. The van der Waals surface area contributed by atoms with Crippen LogP contribution in [0.25, 0.3) is 0 Å². The lowest BCUT2D eigenvalue weighted by Gasteiger charge is -2.47. The number of methoxy groups -OCH3 is 2.